The van der Waals surface area contributed by atoms with Gasteiger partial charge in [0, 0.05) is 36.1 Å². The standard InChI is InChI=1S/C19H16ClN5O.C7H14O/c1-11-15(10-24(2)23-11)13-5-3-4-6-14(13)17-18(20)25-8-7-12(19(21)26)9-16(25)22-17;1-7(2,8)6-4-3-5-6/h3-10H,1-2H3,(H2,21,26);6,8H,3-5H2,1-2H3. The third-order valence-electron chi connectivity index (χ3n) is 6.44. The molecule has 0 bridgehead atoms. The van der Waals surface area contributed by atoms with Crippen molar-refractivity contribution in [2.75, 3.05) is 0 Å². The molecule has 1 aliphatic rings. The van der Waals surface area contributed by atoms with Crippen molar-refractivity contribution in [1.82, 2.24) is 19.2 Å². The van der Waals surface area contributed by atoms with Crippen LogP contribution in [0.5, 0.6) is 0 Å². The number of halogens is 1. The number of nitrogens with zero attached hydrogens (tertiary/aromatic N) is 4. The lowest BCUT2D eigenvalue weighted by molar-refractivity contribution is -0.0181. The SMILES string of the molecule is CC(C)(O)C1CCC1.Cc1nn(C)cc1-c1ccccc1-c1nc2cc(C(N)=O)ccn2c1Cl. The van der Waals surface area contributed by atoms with Crippen LogP contribution in [0.3, 0.4) is 0 Å². The first-order valence-corrected chi connectivity index (χ1v) is 11.7. The lowest BCUT2D eigenvalue weighted by atomic mass is 9.75. The van der Waals surface area contributed by atoms with Gasteiger partial charge in [-0.2, -0.15) is 5.10 Å². The van der Waals surface area contributed by atoms with Gasteiger partial charge in [0.2, 0.25) is 5.91 Å². The Bertz CT molecular complexity index is 1350. The number of primary amides is 1. The molecule has 3 heterocycles. The van der Waals surface area contributed by atoms with Crippen LogP contribution in [0.25, 0.3) is 28.0 Å². The Morgan fingerprint density at radius 3 is 2.35 bits per heavy atom. The highest BCUT2D eigenvalue weighted by molar-refractivity contribution is 6.32. The fourth-order valence-corrected chi connectivity index (χ4v) is 4.53. The van der Waals surface area contributed by atoms with E-state index >= 15 is 0 Å². The number of aliphatic hydroxyl groups is 1. The molecule has 3 aromatic heterocycles. The van der Waals surface area contributed by atoms with Gasteiger partial charge < -0.3 is 10.8 Å². The topological polar surface area (TPSA) is 98.4 Å². The Morgan fingerprint density at radius 2 is 1.85 bits per heavy atom. The minimum atomic E-state index is -0.500. The molecular weight excluding hydrogens is 450 g/mol. The van der Waals surface area contributed by atoms with Crippen LogP contribution in [0.2, 0.25) is 5.15 Å². The van der Waals surface area contributed by atoms with Gasteiger partial charge in [-0.1, -0.05) is 42.3 Å². The number of carbonyl (C=O) groups excluding carboxylic acids is 1. The molecule has 0 atom stereocenters. The number of hydrogen-bond donors (Lipinski definition) is 2. The second-order valence-corrected chi connectivity index (χ2v) is 9.75. The van der Waals surface area contributed by atoms with E-state index in [-0.39, 0.29) is 0 Å². The number of amides is 1. The maximum Gasteiger partial charge on any atom is 0.248 e. The van der Waals surface area contributed by atoms with Gasteiger partial charge >= 0.3 is 0 Å². The monoisotopic (exact) mass is 479 g/mol. The summed E-state index contributed by atoms with van der Waals surface area (Å²) in [6.45, 7) is 5.77. The van der Waals surface area contributed by atoms with E-state index in [4.69, 9.17) is 17.3 Å². The molecule has 4 aromatic rings. The third kappa shape index (κ3) is 4.72. The summed E-state index contributed by atoms with van der Waals surface area (Å²) < 4.78 is 3.52. The minimum Gasteiger partial charge on any atom is -0.390 e. The molecule has 34 heavy (non-hydrogen) atoms. The highest BCUT2D eigenvalue weighted by Gasteiger charge is 2.31. The first kappa shape index (κ1) is 24.0. The number of aromatic nitrogens is 4. The highest BCUT2D eigenvalue weighted by Crippen LogP contribution is 2.37. The summed E-state index contributed by atoms with van der Waals surface area (Å²) in [5.41, 5.74) is 10.4. The Balaban J connectivity index is 0.000000291. The van der Waals surface area contributed by atoms with Gasteiger partial charge in [0.25, 0.3) is 0 Å². The van der Waals surface area contributed by atoms with Crippen LogP contribution in [0.1, 0.15) is 49.2 Å². The molecule has 0 spiro atoms. The lowest BCUT2D eigenvalue weighted by Gasteiger charge is -2.35. The molecule has 178 valence electrons. The number of nitrogens with two attached hydrogens (primary N) is 1. The number of rotatable bonds is 4. The number of pyridine rings is 1. The van der Waals surface area contributed by atoms with E-state index in [1.54, 1.807) is 27.4 Å². The van der Waals surface area contributed by atoms with Gasteiger partial charge in [-0.15, -0.1) is 0 Å². The molecule has 0 radical (unpaired) electrons. The molecule has 0 saturated heterocycles. The number of imidazole rings is 1. The average molecular weight is 480 g/mol. The second kappa shape index (κ2) is 9.24. The van der Waals surface area contributed by atoms with Gasteiger partial charge in [0.15, 0.2) is 0 Å². The molecule has 0 unspecified atom stereocenters. The molecule has 8 heteroatoms. The first-order valence-electron chi connectivity index (χ1n) is 11.4. The largest absolute Gasteiger partial charge is 0.390 e. The van der Waals surface area contributed by atoms with Crippen molar-refractivity contribution in [2.45, 2.75) is 45.6 Å². The summed E-state index contributed by atoms with van der Waals surface area (Å²) in [5, 5.41) is 14.2. The molecule has 3 N–H and O–H groups in total. The fraction of sp³-hybridized carbons (Fsp3) is 0.346. The van der Waals surface area contributed by atoms with E-state index in [0.29, 0.717) is 28.0 Å². The van der Waals surface area contributed by atoms with E-state index in [9.17, 15) is 9.90 Å². The molecule has 7 nitrogen and oxygen atoms in total. The van der Waals surface area contributed by atoms with E-state index < -0.39 is 11.5 Å². The Labute approximate surface area is 204 Å². The number of fused-ring (bicyclic) bond motifs is 1. The van der Waals surface area contributed by atoms with Crippen LogP contribution in [0, 0.1) is 12.8 Å². The number of benzene rings is 1. The maximum absolute atomic E-state index is 11.4. The van der Waals surface area contributed by atoms with Gasteiger partial charge in [0.05, 0.1) is 11.3 Å². The van der Waals surface area contributed by atoms with Crippen molar-refractivity contribution in [3.8, 4) is 22.4 Å². The van der Waals surface area contributed by atoms with Crippen LogP contribution < -0.4 is 5.73 Å². The maximum atomic E-state index is 11.4. The predicted octanol–water partition coefficient (Wildman–Crippen LogP) is 5.02. The third-order valence-corrected chi connectivity index (χ3v) is 6.80. The van der Waals surface area contributed by atoms with Crippen LogP contribution in [-0.4, -0.2) is 35.8 Å². The fourth-order valence-electron chi connectivity index (χ4n) is 4.24. The summed E-state index contributed by atoms with van der Waals surface area (Å²) in [6.07, 6.45) is 7.44. The van der Waals surface area contributed by atoms with E-state index in [1.807, 2.05) is 58.3 Å². The molecule has 1 aromatic carbocycles. The van der Waals surface area contributed by atoms with Crippen molar-refractivity contribution in [2.24, 2.45) is 18.7 Å². The zero-order valence-electron chi connectivity index (χ0n) is 19.9. The van der Waals surface area contributed by atoms with Gasteiger partial charge in [0.1, 0.15) is 16.5 Å². The number of aryl methyl sites for hydroxylation is 2. The molecule has 5 rings (SSSR count). The molecule has 0 aliphatic heterocycles. The van der Waals surface area contributed by atoms with Gasteiger partial charge in [-0.3, -0.25) is 13.9 Å². The van der Waals surface area contributed by atoms with Crippen molar-refractivity contribution in [3.63, 3.8) is 0 Å². The minimum absolute atomic E-state index is 0.391. The summed E-state index contributed by atoms with van der Waals surface area (Å²) >= 11 is 6.59. The average Bonchev–Trinajstić information content (AvgIpc) is 3.24. The van der Waals surface area contributed by atoms with Crippen molar-refractivity contribution in [3.05, 3.63) is 65.2 Å². The quantitative estimate of drug-likeness (QED) is 0.429. The Hall–Kier alpha value is -3.16. The van der Waals surface area contributed by atoms with Crippen LogP contribution >= 0.6 is 11.6 Å². The van der Waals surface area contributed by atoms with Crippen LogP contribution in [-0.2, 0) is 7.05 Å². The van der Waals surface area contributed by atoms with Crippen molar-refractivity contribution in [1.29, 1.82) is 0 Å². The summed E-state index contributed by atoms with van der Waals surface area (Å²) in [4.78, 5) is 16.1. The summed E-state index contributed by atoms with van der Waals surface area (Å²) in [6, 6.07) is 11.2. The van der Waals surface area contributed by atoms with Crippen molar-refractivity contribution < 1.29 is 9.90 Å². The van der Waals surface area contributed by atoms with Crippen LogP contribution in [0.15, 0.2) is 48.8 Å². The first-order chi connectivity index (χ1) is 16.1. The molecule has 1 amide bonds. The highest BCUT2D eigenvalue weighted by atomic mass is 35.5. The van der Waals surface area contributed by atoms with Gasteiger partial charge in [-0.25, -0.2) is 4.98 Å². The molecule has 1 fully saturated rings. The zero-order chi connectivity index (χ0) is 24.6. The summed E-state index contributed by atoms with van der Waals surface area (Å²) in [7, 11) is 1.89. The predicted molar refractivity (Wildman–Crippen MR) is 135 cm³/mol. The Kier molecular flexibility index (Phi) is 6.51. The molecule has 1 saturated carbocycles. The van der Waals surface area contributed by atoms with Gasteiger partial charge in [-0.05, 0) is 57.2 Å². The second-order valence-electron chi connectivity index (χ2n) is 9.39. The zero-order valence-corrected chi connectivity index (χ0v) is 20.7. The summed E-state index contributed by atoms with van der Waals surface area (Å²) in [5.74, 6) is 0.0852. The smallest absolute Gasteiger partial charge is 0.248 e. The number of carbonyl (C=O) groups is 1. The molecular formula is C26H30ClN5O2. The van der Waals surface area contributed by atoms with E-state index in [1.165, 1.54) is 19.3 Å². The number of hydrogen-bond acceptors (Lipinski definition) is 4. The molecule has 1 aliphatic carbocycles. The van der Waals surface area contributed by atoms with E-state index in [0.717, 1.165) is 22.4 Å². The van der Waals surface area contributed by atoms with Crippen LogP contribution in [0.4, 0.5) is 0 Å². The Morgan fingerprint density at radius 1 is 1.18 bits per heavy atom. The van der Waals surface area contributed by atoms with Crippen molar-refractivity contribution >= 4 is 23.2 Å². The van der Waals surface area contributed by atoms with E-state index in [2.05, 4.69) is 10.1 Å². The lowest BCUT2D eigenvalue weighted by Crippen LogP contribution is -2.35. The normalized spacial score (nSPS) is 13.9.